The number of fused-ring (bicyclic) bond motifs is 1. The lowest BCUT2D eigenvalue weighted by Gasteiger charge is -2.09. The van der Waals surface area contributed by atoms with Crippen molar-refractivity contribution in [2.75, 3.05) is 6.79 Å². The van der Waals surface area contributed by atoms with Crippen molar-refractivity contribution in [2.45, 2.75) is 0 Å². The Morgan fingerprint density at radius 2 is 1.66 bits per heavy atom. The Labute approximate surface area is 239 Å². The number of halogens is 1. The zero-order valence-electron chi connectivity index (χ0n) is 21.3. The standard InChI is InChI=1S/C30H22ClN5O5/c31-23-8-4-5-9-24(23)35-34-22-11-12-26(37)21(16-22)17-32-36-30(39)25(33-29(38)20-6-2-1-3-7-20)14-19-10-13-27-28(15-19)41-18-40-27/h1-17,37H,18H2,(H,33,38)(H,36,39). The van der Waals surface area contributed by atoms with Gasteiger partial charge in [-0.3, -0.25) is 9.59 Å². The Balaban J connectivity index is 1.34. The average molecular weight is 568 g/mol. The quantitative estimate of drug-likeness (QED) is 0.102. The number of carbonyl (C=O) groups is 2. The highest BCUT2D eigenvalue weighted by molar-refractivity contribution is 6.32. The molecule has 0 aliphatic carbocycles. The Kier molecular flexibility index (Phi) is 8.32. The maximum atomic E-state index is 13.1. The van der Waals surface area contributed by atoms with Gasteiger partial charge in [-0.05, 0) is 66.2 Å². The van der Waals surface area contributed by atoms with Gasteiger partial charge in [-0.1, -0.05) is 48.0 Å². The molecule has 1 heterocycles. The van der Waals surface area contributed by atoms with Crippen LogP contribution in [0.5, 0.6) is 17.2 Å². The second-order valence-corrected chi connectivity index (χ2v) is 8.99. The van der Waals surface area contributed by atoms with Crippen LogP contribution in [0.3, 0.4) is 0 Å². The van der Waals surface area contributed by atoms with Crippen molar-refractivity contribution in [2.24, 2.45) is 15.3 Å². The SMILES string of the molecule is O=C(NN=Cc1cc(N=Nc2ccccc2Cl)ccc1O)C(=Cc1ccc2c(c1)OCO2)NC(=O)c1ccccc1. The molecule has 10 nitrogen and oxygen atoms in total. The van der Waals surface area contributed by atoms with Crippen molar-refractivity contribution >= 4 is 47.1 Å². The number of hydrogen-bond donors (Lipinski definition) is 3. The molecule has 0 fully saturated rings. The molecule has 0 aromatic heterocycles. The number of hydrazone groups is 1. The number of carbonyl (C=O) groups excluding carboxylic acids is 2. The van der Waals surface area contributed by atoms with E-state index in [2.05, 4.69) is 26.1 Å². The summed E-state index contributed by atoms with van der Waals surface area (Å²) in [4.78, 5) is 25.9. The highest BCUT2D eigenvalue weighted by Gasteiger charge is 2.17. The zero-order chi connectivity index (χ0) is 28.6. The number of benzene rings is 4. The Hall–Kier alpha value is -5.48. The molecule has 0 atom stereocenters. The molecule has 0 saturated heterocycles. The smallest absolute Gasteiger partial charge is 0.287 e. The maximum absolute atomic E-state index is 13.1. The third-order valence-corrected chi connectivity index (χ3v) is 6.06. The van der Waals surface area contributed by atoms with Crippen LogP contribution in [0.25, 0.3) is 6.08 Å². The summed E-state index contributed by atoms with van der Waals surface area (Å²) in [7, 11) is 0. The second-order valence-electron chi connectivity index (χ2n) is 8.58. The third-order valence-electron chi connectivity index (χ3n) is 5.74. The van der Waals surface area contributed by atoms with Crippen molar-refractivity contribution < 1.29 is 24.2 Å². The first-order valence-corrected chi connectivity index (χ1v) is 12.6. The summed E-state index contributed by atoms with van der Waals surface area (Å²) in [5, 5.41) is 25.6. The molecule has 0 saturated carbocycles. The van der Waals surface area contributed by atoms with Gasteiger partial charge in [-0.15, -0.1) is 5.11 Å². The molecular formula is C30H22ClN5O5. The fourth-order valence-corrected chi connectivity index (χ4v) is 3.86. The lowest BCUT2D eigenvalue weighted by molar-refractivity contribution is -0.117. The van der Waals surface area contributed by atoms with Gasteiger partial charge in [0.2, 0.25) is 6.79 Å². The van der Waals surface area contributed by atoms with Gasteiger partial charge < -0.3 is 19.9 Å². The van der Waals surface area contributed by atoms with Crippen LogP contribution in [0.15, 0.2) is 112 Å². The van der Waals surface area contributed by atoms with E-state index >= 15 is 0 Å². The summed E-state index contributed by atoms with van der Waals surface area (Å²) in [6, 6.07) is 25.1. The minimum atomic E-state index is -0.697. The summed E-state index contributed by atoms with van der Waals surface area (Å²) in [6.07, 6.45) is 2.74. The summed E-state index contributed by atoms with van der Waals surface area (Å²) >= 11 is 6.12. The van der Waals surface area contributed by atoms with Gasteiger partial charge in [0.15, 0.2) is 11.5 Å². The molecule has 11 heteroatoms. The highest BCUT2D eigenvalue weighted by Crippen LogP contribution is 2.33. The van der Waals surface area contributed by atoms with Crippen molar-refractivity contribution in [1.29, 1.82) is 0 Å². The Morgan fingerprint density at radius 3 is 2.49 bits per heavy atom. The normalized spacial score (nSPS) is 12.6. The largest absolute Gasteiger partial charge is 0.507 e. The molecular weight excluding hydrogens is 546 g/mol. The number of phenolic OH excluding ortho intramolecular Hbond substituents is 1. The lowest BCUT2D eigenvalue weighted by atomic mass is 10.1. The van der Waals surface area contributed by atoms with Crippen LogP contribution >= 0.6 is 11.6 Å². The van der Waals surface area contributed by atoms with Crippen LogP contribution in [0.1, 0.15) is 21.5 Å². The van der Waals surface area contributed by atoms with Gasteiger partial charge in [-0.2, -0.15) is 10.2 Å². The van der Waals surface area contributed by atoms with E-state index in [1.165, 1.54) is 24.4 Å². The topological polar surface area (TPSA) is 134 Å². The summed E-state index contributed by atoms with van der Waals surface area (Å²) < 4.78 is 10.7. The van der Waals surface area contributed by atoms with E-state index < -0.39 is 11.8 Å². The molecule has 204 valence electrons. The number of ether oxygens (including phenoxy) is 2. The van der Waals surface area contributed by atoms with Gasteiger partial charge in [0, 0.05) is 11.1 Å². The van der Waals surface area contributed by atoms with E-state index in [1.54, 1.807) is 78.9 Å². The van der Waals surface area contributed by atoms with Crippen LogP contribution in [-0.2, 0) is 4.79 Å². The summed E-state index contributed by atoms with van der Waals surface area (Å²) in [5.41, 5.74) is 4.46. The van der Waals surface area contributed by atoms with Gasteiger partial charge in [0.05, 0.1) is 16.9 Å². The van der Waals surface area contributed by atoms with E-state index in [4.69, 9.17) is 21.1 Å². The molecule has 1 aliphatic heterocycles. The number of hydrogen-bond acceptors (Lipinski definition) is 8. The predicted molar refractivity (Wildman–Crippen MR) is 154 cm³/mol. The summed E-state index contributed by atoms with van der Waals surface area (Å²) in [6.45, 7) is 0.102. The first-order chi connectivity index (χ1) is 20.0. The third kappa shape index (κ3) is 6.94. The summed E-state index contributed by atoms with van der Waals surface area (Å²) in [5.74, 6) is -0.163. The molecule has 1 aliphatic rings. The highest BCUT2D eigenvalue weighted by atomic mass is 35.5. The van der Waals surface area contributed by atoms with E-state index in [-0.39, 0.29) is 23.8 Å². The Morgan fingerprint density at radius 1 is 0.878 bits per heavy atom. The van der Waals surface area contributed by atoms with Crippen LogP contribution in [0.4, 0.5) is 11.4 Å². The van der Waals surface area contributed by atoms with Gasteiger partial charge in [0.25, 0.3) is 11.8 Å². The molecule has 4 aromatic rings. The minimum Gasteiger partial charge on any atom is -0.507 e. The molecule has 0 unspecified atom stereocenters. The van der Waals surface area contributed by atoms with Gasteiger partial charge >= 0.3 is 0 Å². The number of nitrogens with zero attached hydrogens (tertiary/aromatic N) is 3. The van der Waals surface area contributed by atoms with Crippen molar-refractivity contribution in [3.63, 3.8) is 0 Å². The molecule has 3 N–H and O–H groups in total. The van der Waals surface area contributed by atoms with E-state index in [0.29, 0.717) is 39.0 Å². The molecule has 41 heavy (non-hydrogen) atoms. The molecule has 0 spiro atoms. The fraction of sp³-hybridized carbons (Fsp3) is 0.0333. The predicted octanol–water partition coefficient (Wildman–Crippen LogP) is 6.11. The average Bonchev–Trinajstić information content (AvgIpc) is 3.46. The molecule has 4 aromatic carbocycles. The second kappa shape index (κ2) is 12.6. The molecule has 0 bridgehead atoms. The van der Waals surface area contributed by atoms with E-state index in [9.17, 15) is 14.7 Å². The molecule has 2 amide bonds. The number of azo groups is 1. The van der Waals surface area contributed by atoms with Gasteiger partial charge in [0.1, 0.15) is 17.1 Å². The maximum Gasteiger partial charge on any atom is 0.287 e. The number of aromatic hydroxyl groups is 1. The fourth-order valence-electron chi connectivity index (χ4n) is 3.68. The Bertz CT molecular complexity index is 1690. The number of amides is 2. The van der Waals surface area contributed by atoms with Crippen LogP contribution in [0, 0.1) is 0 Å². The zero-order valence-corrected chi connectivity index (χ0v) is 22.1. The van der Waals surface area contributed by atoms with Crippen LogP contribution < -0.4 is 20.2 Å². The number of phenols is 1. The van der Waals surface area contributed by atoms with Crippen molar-refractivity contribution in [1.82, 2.24) is 10.7 Å². The van der Waals surface area contributed by atoms with Crippen LogP contribution in [-0.4, -0.2) is 29.9 Å². The minimum absolute atomic E-state index is 0.0682. The molecule has 5 rings (SSSR count). The van der Waals surface area contributed by atoms with Gasteiger partial charge in [-0.25, -0.2) is 5.43 Å². The van der Waals surface area contributed by atoms with E-state index in [0.717, 1.165) is 0 Å². The first kappa shape index (κ1) is 27.1. The van der Waals surface area contributed by atoms with E-state index in [1.807, 2.05) is 0 Å². The van der Waals surface area contributed by atoms with Crippen molar-refractivity contribution in [3.05, 3.63) is 118 Å². The number of nitrogens with one attached hydrogen (secondary N) is 2. The monoisotopic (exact) mass is 567 g/mol. The number of rotatable bonds is 8. The van der Waals surface area contributed by atoms with Crippen LogP contribution in [0.2, 0.25) is 5.02 Å². The molecule has 0 radical (unpaired) electrons. The van der Waals surface area contributed by atoms with Crippen molar-refractivity contribution in [3.8, 4) is 17.2 Å². The lowest BCUT2D eigenvalue weighted by Crippen LogP contribution is -2.32. The first-order valence-electron chi connectivity index (χ1n) is 12.3.